The van der Waals surface area contributed by atoms with Crippen LogP contribution in [-0.4, -0.2) is 23.5 Å². The Morgan fingerprint density at radius 2 is 1.86 bits per heavy atom. The number of rotatable bonds is 1. The maximum atomic E-state index is 10.3. The zero-order valence-corrected chi connectivity index (χ0v) is 13.3. The lowest BCUT2D eigenvalue weighted by atomic mass is 9.68. The van der Waals surface area contributed by atoms with E-state index >= 15 is 0 Å². The first-order chi connectivity index (χ1) is 10.7. The van der Waals surface area contributed by atoms with Crippen molar-refractivity contribution >= 4 is 5.71 Å². The second kappa shape index (κ2) is 5.47. The molecule has 1 saturated carbocycles. The van der Waals surface area contributed by atoms with Gasteiger partial charge in [-0.05, 0) is 23.8 Å². The van der Waals surface area contributed by atoms with E-state index in [9.17, 15) is 5.11 Å². The van der Waals surface area contributed by atoms with E-state index in [-0.39, 0.29) is 17.4 Å². The molecule has 3 nitrogen and oxygen atoms in total. The summed E-state index contributed by atoms with van der Waals surface area (Å²) in [4.78, 5) is 4.61. The van der Waals surface area contributed by atoms with E-state index in [0.717, 1.165) is 17.7 Å². The molecule has 0 amide bonds. The molecule has 2 aliphatic heterocycles. The van der Waals surface area contributed by atoms with Gasteiger partial charge in [-0.25, -0.2) is 0 Å². The minimum Gasteiger partial charge on any atom is -0.376 e. The fourth-order valence-corrected chi connectivity index (χ4v) is 4.53. The van der Waals surface area contributed by atoms with Crippen LogP contribution >= 0.6 is 0 Å². The molecule has 3 unspecified atom stereocenters. The van der Waals surface area contributed by atoms with Gasteiger partial charge in [0.2, 0.25) is 0 Å². The number of hydrogen-bond donors (Lipinski definition) is 1. The Hall–Kier alpha value is -1.19. The van der Waals surface area contributed by atoms with E-state index in [2.05, 4.69) is 18.0 Å². The molecule has 0 bridgehead atoms. The van der Waals surface area contributed by atoms with Crippen molar-refractivity contribution in [3.63, 3.8) is 0 Å². The van der Waals surface area contributed by atoms with Crippen LogP contribution in [0.15, 0.2) is 29.3 Å². The highest BCUT2D eigenvalue weighted by Gasteiger charge is 2.42. The molecule has 1 aliphatic carbocycles. The first-order valence-corrected chi connectivity index (χ1v) is 8.62. The second-order valence-corrected chi connectivity index (χ2v) is 7.42. The average Bonchev–Trinajstić information content (AvgIpc) is 2.55. The molecule has 4 rings (SSSR count). The molecule has 2 fully saturated rings. The molecular weight excluding hydrogens is 274 g/mol. The van der Waals surface area contributed by atoms with E-state index in [4.69, 9.17) is 4.74 Å². The fraction of sp³-hybridized carbons (Fsp3) is 0.632. The molecule has 0 radical (unpaired) electrons. The van der Waals surface area contributed by atoms with E-state index in [1.807, 2.05) is 18.2 Å². The van der Waals surface area contributed by atoms with Gasteiger partial charge in [-0.2, -0.15) is 0 Å². The summed E-state index contributed by atoms with van der Waals surface area (Å²) in [6, 6.07) is 8.11. The highest BCUT2D eigenvalue weighted by molar-refractivity contribution is 5.93. The Bertz CT molecular complexity index is 589. The van der Waals surface area contributed by atoms with Crippen LogP contribution in [0.1, 0.15) is 68.7 Å². The summed E-state index contributed by atoms with van der Waals surface area (Å²) in [5.74, 6) is 0.239. The van der Waals surface area contributed by atoms with Gasteiger partial charge in [0.05, 0.1) is 12.7 Å². The van der Waals surface area contributed by atoms with Gasteiger partial charge in [-0.1, -0.05) is 50.5 Å². The van der Waals surface area contributed by atoms with Crippen molar-refractivity contribution in [2.75, 3.05) is 6.61 Å². The Kier molecular flexibility index (Phi) is 3.58. The lowest BCUT2D eigenvalue weighted by Gasteiger charge is -2.45. The first kappa shape index (κ1) is 14.4. The van der Waals surface area contributed by atoms with E-state index < -0.39 is 6.23 Å². The van der Waals surface area contributed by atoms with Crippen molar-refractivity contribution in [2.45, 2.75) is 63.7 Å². The zero-order chi connectivity index (χ0) is 15.2. The molecular formula is C19H25NO2. The third-order valence-electron chi connectivity index (χ3n) is 5.97. The number of aliphatic imine (C=N–C) groups is 1. The van der Waals surface area contributed by atoms with Crippen LogP contribution in [-0.2, 0) is 4.74 Å². The van der Waals surface area contributed by atoms with Crippen LogP contribution in [0.25, 0.3) is 0 Å². The van der Waals surface area contributed by atoms with Crippen LogP contribution in [0, 0.1) is 5.41 Å². The van der Waals surface area contributed by atoms with Gasteiger partial charge in [-0.3, -0.25) is 4.99 Å². The van der Waals surface area contributed by atoms with Gasteiger partial charge in [0.1, 0.15) is 0 Å². The van der Waals surface area contributed by atoms with E-state index in [0.29, 0.717) is 6.61 Å². The Morgan fingerprint density at radius 3 is 2.64 bits per heavy atom. The third kappa shape index (κ3) is 2.31. The number of hydrogen-bond acceptors (Lipinski definition) is 3. The number of benzene rings is 1. The second-order valence-electron chi connectivity index (χ2n) is 7.42. The standard InChI is InChI=1S/C19H25NO2/c1-19(9-5-2-6-10-19)17-11-16-15(12-22-17)13-7-3-4-8-14(13)18(21)20-16/h3-4,7-8,15,17-18,21H,2,5-6,9-12H2,1H3. The van der Waals surface area contributed by atoms with Crippen LogP contribution in [0.2, 0.25) is 0 Å². The van der Waals surface area contributed by atoms with Crippen molar-refractivity contribution in [3.8, 4) is 0 Å². The highest BCUT2D eigenvalue weighted by Crippen LogP contribution is 2.46. The minimum absolute atomic E-state index is 0.239. The molecule has 1 saturated heterocycles. The molecule has 3 aliphatic rings. The Morgan fingerprint density at radius 1 is 1.14 bits per heavy atom. The van der Waals surface area contributed by atoms with Gasteiger partial charge in [0, 0.05) is 23.6 Å². The van der Waals surface area contributed by atoms with E-state index in [1.54, 1.807) is 0 Å². The summed E-state index contributed by atoms with van der Waals surface area (Å²) < 4.78 is 6.32. The molecule has 1 aromatic rings. The lowest BCUT2D eigenvalue weighted by Crippen LogP contribution is -2.44. The molecule has 118 valence electrons. The molecule has 0 aromatic heterocycles. The fourth-order valence-electron chi connectivity index (χ4n) is 4.53. The zero-order valence-electron chi connectivity index (χ0n) is 13.3. The number of aliphatic hydroxyl groups is 1. The summed E-state index contributed by atoms with van der Waals surface area (Å²) in [5.41, 5.74) is 3.58. The molecule has 1 N–H and O–H groups in total. The summed E-state index contributed by atoms with van der Waals surface area (Å²) in [7, 11) is 0. The highest BCUT2D eigenvalue weighted by atomic mass is 16.5. The first-order valence-electron chi connectivity index (χ1n) is 8.62. The van der Waals surface area contributed by atoms with Crippen molar-refractivity contribution < 1.29 is 9.84 Å². The molecule has 1 aromatic carbocycles. The maximum absolute atomic E-state index is 10.3. The smallest absolute Gasteiger partial charge is 0.171 e. The lowest BCUT2D eigenvalue weighted by molar-refractivity contribution is -0.0579. The van der Waals surface area contributed by atoms with Crippen LogP contribution in [0.5, 0.6) is 0 Å². The van der Waals surface area contributed by atoms with Gasteiger partial charge in [0.25, 0.3) is 0 Å². The SMILES string of the molecule is CC1(C2CC3=NC(O)c4ccccc4C3CO2)CCCCC1. The minimum atomic E-state index is -0.694. The predicted molar refractivity (Wildman–Crippen MR) is 87.1 cm³/mol. The maximum Gasteiger partial charge on any atom is 0.171 e. The van der Waals surface area contributed by atoms with Gasteiger partial charge in [0.15, 0.2) is 6.23 Å². The van der Waals surface area contributed by atoms with Crippen LogP contribution in [0.4, 0.5) is 0 Å². The molecule has 2 heterocycles. The number of fused-ring (bicyclic) bond motifs is 3. The van der Waals surface area contributed by atoms with Crippen molar-refractivity contribution in [1.29, 1.82) is 0 Å². The molecule has 3 heteroatoms. The third-order valence-corrected chi connectivity index (χ3v) is 5.97. The Labute approximate surface area is 132 Å². The van der Waals surface area contributed by atoms with E-state index in [1.165, 1.54) is 37.7 Å². The van der Waals surface area contributed by atoms with Gasteiger partial charge >= 0.3 is 0 Å². The quantitative estimate of drug-likeness (QED) is 0.852. The summed E-state index contributed by atoms with van der Waals surface area (Å²) in [6.45, 7) is 3.09. The normalized spacial score (nSPS) is 33.5. The van der Waals surface area contributed by atoms with Gasteiger partial charge < -0.3 is 9.84 Å². The van der Waals surface area contributed by atoms with Crippen LogP contribution < -0.4 is 0 Å². The number of nitrogens with zero attached hydrogens (tertiary/aromatic N) is 1. The summed E-state index contributed by atoms with van der Waals surface area (Å²) >= 11 is 0. The summed E-state index contributed by atoms with van der Waals surface area (Å²) in [6.07, 6.45) is 6.96. The topological polar surface area (TPSA) is 41.8 Å². The molecule has 22 heavy (non-hydrogen) atoms. The Balaban J connectivity index is 1.60. The molecule has 0 spiro atoms. The van der Waals surface area contributed by atoms with Gasteiger partial charge in [-0.15, -0.1) is 0 Å². The number of ether oxygens (including phenoxy) is 1. The largest absolute Gasteiger partial charge is 0.376 e. The van der Waals surface area contributed by atoms with Crippen molar-refractivity contribution in [3.05, 3.63) is 35.4 Å². The number of aliphatic hydroxyl groups excluding tert-OH is 1. The average molecular weight is 299 g/mol. The van der Waals surface area contributed by atoms with Crippen molar-refractivity contribution in [1.82, 2.24) is 0 Å². The van der Waals surface area contributed by atoms with Crippen molar-refractivity contribution in [2.24, 2.45) is 10.4 Å². The predicted octanol–water partition coefficient (Wildman–Crippen LogP) is 3.98. The van der Waals surface area contributed by atoms with Crippen LogP contribution in [0.3, 0.4) is 0 Å². The molecule has 3 atom stereocenters. The summed E-state index contributed by atoms with van der Waals surface area (Å²) in [5, 5.41) is 10.3. The monoisotopic (exact) mass is 299 g/mol.